The minimum absolute atomic E-state index is 0.112. The van der Waals surface area contributed by atoms with Crippen LogP contribution in [0.5, 0.6) is 0 Å². The second-order valence-corrected chi connectivity index (χ2v) is 4.28. The maximum Gasteiger partial charge on any atom is 0.127 e. The van der Waals surface area contributed by atoms with Gasteiger partial charge in [-0.2, -0.15) is 0 Å². The molecule has 0 saturated carbocycles. The number of benzene rings is 1. The molecule has 90 valence electrons. The Kier molecular flexibility index (Phi) is 4.55. The summed E-state index contributed by atoms with van der Waals surface area (Å²) in [5.41, 5.74) is 6.61. The summed E-state index contributed by atoms with van der Waals surface area (Å²) in [6.07, 6.45) is 0.633. The van der Waals surface area contributed by atoms with Gasteiger partial charge in [0.05, 0.1) is 0 Å². The molecule has 1 atom stereocenters. The van der Waals surface area contributed by atoms with Gasteiger partial charge in [-0.15, -0.1) is 0 Å². The molecule has 1 unspecified atom stereocenters. The summed E-state index contributed by atoms with van der Waals surface area (Å²) in [6, 6.07) is 4.49. The molecule has 0 spiro atoms. The number of halogens is 1. The Labute approximate surface area is 95.5 Å². The van der Waals surface area contributed by atoms with E-state index < -0.39 is 0 Å². The molecular weight excluding hydrogens is 207 g/mol. The molecule has 0 amide bonds. The molecule has 4 heteroatoms. The zero-order valence-electron chi connectivity index (χ0n) is 9.70. The van der Waals surface area contributed by atoms with E-state index in [1.165, 1.54) is 12.1 Å². The van der Waals surface area contributed by atoms with Crippen LogP contribution in [0.3, 0.4) is 0 Å². The second kappa shape index (κ2) is 5.70. The van der Waals surface area contributed by atoms with Gasteiger partial charge in [-0.3, -0.25) is 0 Å². The smallest absolute Gasteiger partial charge is 0.127 e. The fourth-order valence-electron chi connectivity index (χ4n) is 1.62. The van der Waals surface area contributed by atoms with Gasteiger partial charge in [-0.1, -0.05) is 13.8 Å². The van der Waals surface area contributed by atoms with Crippen LogP contribution in [0.25, 0.3) is 0 Å². The molecule has 4 N–H and O–H groups in total. The van der Waals surface area contributed by atoms with E-state index in [1.807, 2.05) is 0 Å². The van der Waals surface area contributed by atoms with Crippen LogP contribution in [0, 0.1) is 11.7 Å². The summed E-state index contributed by atoms with van der Waals surface area (Å²) in [7, 11) is 0. The van der Waals surface area contributed by atoms with Gasteiger partial charge in [0.2, 0.25) is 0 Å². The molecule has 1 aromatic carbocycles. The summed E-state index contributed by atoms with van der Waals surface area (Å²) in [6.45, 7) is 4.21. The van der Waals surface area contributed by atoms with E-state index in [9.17, 15) is 4.39 Å². The van der Waals surface area contributed by atoms with Crippen LogP contribution in [0.1, 0.15) is 20.3 Å². The van der Waals surface area contributed by atoms with Crippen molar-refractivity contribution in [3.05, 3.63) is 24.0 Å². The Hall–Kier alpha value is -1.29. The predicted molar refractivity (Wildman–Crippen MR) is 64.8 cm³/mol. The van der Waals surface area contributed by atoms with E-state index in [1.54, 1.807) is 6.07 Å². The largest absolute Gasteiger partial charge is 0.399 e. The maximum atomic E-state index is 13.1. The fraction of sp³-hybridized carbons (Fsp3) is 0.500. The maximum absolute atomic E-state index is 13.1. The molecule has 3 nitrogen and oxygen atoms in total. The first-order valence-corrected chi connectivity index (χ1v) is 5.46. The molecule has 0 aliphatic carbocycles. The van der Waals surface area contributed by atoms with Crippen LogP contribution in [-0.2, 0) is 0 Å². The molecule has 0 aromatic heterocycles. The van der Waals surface area contributed by atoms with Crippen molar-refractivity contribution in [3.63, 3.8) is 0 Å². The summed E-state index contributed by atoms with van der Waals surface area (Å²) in [5.74, 6) is 0.00523. The first-order valence-electron chi connectivity index (χ1n) is 5.46. The lowest BCUT2D eigenvalue weighted by Gasteiger charge is -2.23. The summed E-state index contributed by atoms with van der Waals surface area (Å²) < 4.78 is 13.1. The van der Waals surface area contributed by atoms with E-state index in [4.69, 9.17) is 10.8 Å². The highest BCUT2D eigenvalue weighted by Gasteiger charge is 2.12. The summed E-state index contributed by atoms with van der Waals surface area (Å²) in [4.78, 5) is 0. The normalized spacial score (nSPS) is 12.8. The molecule has 0 aliphatic rings. The van der Waals surface area contributed by atoms with E-state index in [-0.39, 0.29) is 18.5 Å². The Morgan fingerprint density at radius 3 is 2.56 bits per heavy atom. The molecule has 0 heterocycles. The van der Waals surface area contributed by atoms with Crippen molar-refractivity contribution in [1.29, 1.82) is 0 Å². The van der Waals surface area contributed by atoms with Gasteiger partial charge in [-0.05, 0) is 30.5 Å². The van der Waals surface area contributed by atoms with Gasteiger partial charge in [0.15, 0.2) is 0 Å². The van der Waals surface area contributed by atoms with Crippen LogP contribution in [0.15, 0.2) is 18.2 Å². The lowest BCUT2D eigenvalue weighted by atomic mass is 10.0. The van der Waals surface area contributed by atoms with Crippen molar-refractivity contribution in [2.45, 2.75) is 26.3 Å². The Morgan fingerprint density at radius 1 is 1.38 bits per heavy atom. The quantitative estimate of drug-likeness (QED) is 0.675. The SMILES string of the molecule is CC(C)C(CCO)Nc1cc(N)cc(F)c1. The fourth-order valence-corrected chi connectivity index (χ4v) is 1.62. The van der Waals surface area contributed by atoms with Crippen LogP contribution in [-0.4, -0.2) is 17.8 Å². The third-order valence-corrected chi connectivity index (χ3v) is 2.52. The van der Waals surface area contributed by atoms with Crippen LogP contribution >= 0.6 is 0 Å². The monoisotopic (exact) mass is 226 g/mol. The number of aliphatic hydroxyl groups is 1. The number of nitrogens with one attached hydrogen (secondary N) is 1. The first-order chi connectivity index (χ1) is 7.52. The highest BCUT2D eigenvalue weighted by molar-refractivity contribution is 5.55. The Morgan fingerprint density at radius 2 is 2.06 bits per heavy atom. The highest BCUT2D eigenvalue weighted by Crippen LogP contribution is 2.19. The average Bonchev–Trinajstić information content (AvgIpc) is 2.15. The molecule has 1 rings (SSSR count). The standard InChI is InChI=1S/C12H19FN2O/c1-8(2)12(3-4-16)15-11-6-9(13)5-10(14)7-11/h5-8,12,15-16H,3-4,14H2,1-2H3. The molecule has 16 heavy (non-hydrogen) atoms. The molecule has 1 aromatic rings. The molecule has 0 saturated heterocycles. The minimum atomic E-state index is -0.353. The molecular formula is C12H19FN2O. The summed E-state index contributed by atoms with van der Waals surface area (Å²) in [5, 5.41) is 12.1. The zero-order valence-corrected chi connectivity index (χ0v) is 9.70. The first kappa shape index (κ1) is 12.8. The minimum Gasteiger partial charge on any atom is -0.399 e. The third-order valence-electron chi connectivity index (χ3n) is 2.52. The summed E-state index contributed by atoms with van der Waals surface area (Å²) >= 11 is 0. The number of nitrogens with two attached hydrogens (primary N) is 1. The van der Waals surface area contributed by atoms with Gasteiger partial charge in [0, 0.05) is 24.0 Å². The Bertz CT molecular complexity index is 322. The molecule has 0 fully saturated rings. The van der Waals surface area contributed by atoms with E-state index in [0.29, 0.717) is 23.7 Å². The van der Waals surface area contributed by atoms with Gasteiger partial charge in [0.25, 0.3) is 0 Å². The van der Waals surface area contributed by atoms with Gasteiger partial charge < -0.3 is 16.2 Å². The molecule has 0 radical (unpaired) electrons. The van der Waals surface area contributed by atoms with Crippen molar-refractivity contribution in [2.75, 3.05) is 17.7 Å². The van der Waals surface area contributed by atoms with Crippen LogP contribution < -0.4 is 11.1 Å². The van der Waals surface area contributed by atoms with Crippen LogP contribution in [0.4, 0.5) is 15.8 Å². The number of aliphatic hydroxyl groups excluding tert-OH is 1. The third kappa shape index (κ3) is 3.70. The number of nitrogen functional groups attached to an aromatic ring is 1. The van der Waals surface area contributed by atoms with E-state index in [2.05, 4.69) is 19.2 Å². The van der Waals surface area contributed by atoms with Crippen molar-refractivity contribution in [3.8, 4) is 0 Å². The number of hydrogen-bond acceptors (Lipinski definition) is 3. The van der Waals surface area contributed by atoms with E-state index >= 15 is 0 Å². The Balaban J connectivity index is 2.76. The predicted octanol–water partition coefficient (Wildman–Crippen LogP) is 2.23. The number of hydrogen-bond donors (Lipinski definition) is 3. The van der Waals surface area contributed by atoms with Gasteiger partial charge in [0.1, 0.15) is 5.82 Å². The lowest BCUT2D eigenvalue weighted by molar-refractivity contribution is 0.267. The molecule has 0 bridgehead atoms. The van der Waals surface area contributed by atoms with E-state index in [0.717, 1.165) is 0 Å². The number of anilines is 2. The lowest BCUT2D eigenvalue weighted by Crippen LogP contribution is -2.26. The van der Waals surface area contributed by atoms with Crippen molar-refractivity contribution in [2.24, 2.45) is 5.92 Å². The average molecular weight is 226 g/mol. The topological polar surface area (TPSA) is 58.3 Å². The van der Waals surface area contributed by atoms with Gasteiger partial charge >= 0.3 is 0 Å². The zero-order chi connectivity index (χ0) is 12.1. The molecule has 0 aliphatic heterocycles. The van der Waals surface area contributed by atoms with Crippen LogP contribution in [0.2, 0.25) is 0 Å². The van der Waals surface area contributed by atoms with Crippen molar-refractivity contribution < 1.29 is 9.50 Å². The second-order valence-electron chi connectivity index (χ2n) is 4.28. The van der Waals surface area contributed by atoms with Crippen molar-refractivity contribution >= 4 is 11.4 Å². The van der Waals surface area contributed by atoms with Crippen molar-refractivity contribution in [1.82, 2.24) is 0 Å². The number of rotatable bonds is 5. The van der Waals surface area contributed by atoms with Gasteiger partial charge in [-0.25, -0.2) is 4.39 Å². The highest BCUT2D eigenvalue weighted by atomic mass is 19.1.